The highest BCUT2D eigenvalue weighted by Gasteiger charge is 2.21. The van der Waals surface area contributed by atoms with Gasteiger partial charge in [-0.2, -0.15) is 16.9 Å². The van der Waals surface area contributed by atoms with E-state index >= 15 is 0 Å². The van der Waals surface area contributed by atoms with Gasteiger partial charge in [-0.15, -0.1) is 0 Å². The summed E-state index contributed by atoms with van der Waals surface area (Å²) < 4.78 is 1.95. The molecule has 1 aromatic rings. The van der Waals surface area contributed by atoms with Crippen molar-refractivity contribution in [2.24, 2.45) is 0 Å². The Bertz CT molecular complexity index is 470. The molecule has 0 saturated carbocycles. The van der Waals surface area contributed by atoms with E-state index in [0.717, 1.165) is 37.4 Å². The number of thioether (sulfide) groups is 1. The van der Waals surface area contributed by atoms with Gasteiger partial charge in [-0.25, -0.2) is 0 Å². The zero-order chi connectivity index (χ0) is 15.9. The fourth-order valence-electron chi connectivity index (χ4n) is 2.69. The highest BCUT2D eigenvalue weighted by molar-refractivity contribution is 7.99. The molecular formula is C16H28N4OS. The van der Waals surface area contributed by atoms with Gasteiger partial charge in [0.15, 0.2) is 0 Å². The van der Waals surface area contributed by atoms with Crippen LogP contribution in [0.15, 0.2) is 12.3 Å². The number of carbonyl (C=O) groups excluding carboxylic acids is 1. The molecule has 1 aromatic heterocycles. The van der Waals surface area contributed by atoms with E-state index in [2.05, 4.69) is 24.3 Å². The van der Waals surface area contributed by atoms with E-state index in [0.29, 0.717) is 11.7 Å². The molecule has 0 aliphatic carbocycles. The number of hydrogen-bond donors (Lipinski definition) is 1. The van der Waals surface area contributed by atoms with Crippen LogP contribution in [0.4, 0.5) is 0 Å². The van der Waals surface area contributed by atoms with Crippen LogP contribution in [-0.4, -0.2) is 58.3 Å². The Labute approximate surface area is 137 Å². The molecule has 22 heavy (non-hydrogen) atoms. The Morgan fingerprint density at radius 1 is 1.64 bits per heavy atom. The normalized spacial score (nSPS) is 19.9. The molecule has 1 aliphatic rings. The molecule has 6 heteroatoms. The third-order valence-corrected chi connectivity index (χ3v) is 5.27. The summed E-state index contributed by atoms with van der Waals surface area (Å²) in [6, 6.07) is 2.47. The molecule has 2 heterocycles. The monoisotopic (exact) mass is 324 g/mol. The molecule has 124 valence electrons. The van der Waals surface area contributed by atoms with Gasteiger partial charge in [0.25, 0.3) is 5.91 Å². The lowest BCUT2D eigenvalue weighted by atomic mass is 10.1. The molecular weight excluding hydrogens is 296 g/mol. The van der Waals surface area contributed by atoms with Gasteiger partial charge in [0.2, 0.25) is 0 Å². The number of nitrogens with one attached hydrogen (secondary N) is 1. The van der Waals surface area contributed by atoms with Crippen molar-refractivity contribution >= 4 is 17.7 Å². The fourth-order valence-corrected chi connectivity index (χ4v) is 3.48. The van der Waals surface area contributed by atoms with Crippen LogP contribution < -0.4 is 5.32 Å². The smallest absolute Gasteiger partial charge is 0.274 e. The highest BCUT2D eigenvalue weighted by Crippen LogP contribution is 2.17. The summed E-state index contributed by atoms with van der Waals surface area (Å²) in [4.78, 5) is 14.4. The van der Waals surface area contributed by atoms with Gasteiger partial charge < -0.3 is 10.2 Å². The van der Waals surface area contributed by atoms with E-state index in [1.165, 1.54) is 6.42 Å². The van der Waals surface area contributed by atoms with E-state index in [4.69, 9.17) is 0 Å². The summed E-state index contributed by atoms with van der Waals surface area (Å²) >= 11 is 1.92. The van der Waals surface area contributed by atoms with E-state index in [-0.39, 0.29) is 11.9 Å². The van der Waals surface area contributed by atoms with Gasteiger partial charge in [0.05, 0.1) is 6.04 Å². The zero-order valence-electron chi connectivity index (χ0n) is 13.9. The van der Waals surface area contributed by atoms with Gasteiger partial charge in [0, 0.05) is 25.8 Å². The third-order valence-electron chi connectivity index (χ3n) is 4.34. The maximum atomic E-state index is 12.5. The minimum Gasteiger partial charge on any atom is -0.338 e. The van der Waals surface area contributed by atoms with Crippen molar-refractivity contribution in [3.8, 4) is 0 Å². The summed E-state index contributed by atoms with van der Waals surface area (Å²) in [5, 5.41) is 7.90. The predicted octanol–water partition coefficient (Wildman–Crippen LogP) is 2.41. The Morgan fingerprint density at radius 3 is 3.14 bits per heavy atom. The molecule has 1 amide bonds. The van der Waals surface area contributed by atoms with Crippen LogP contribution in [0.25, 0.3) is 0 Å². The quantitative estimate of drug-likeness (QED) is 0.783. The molecule has 5 nitrogen and oxygen atoms in total. The Balaban J connectivity index is 1.92. The molecule has 1 fully saturated rings. The van der Waals surface area contributed by atoms with Crippen LogP contribution in [0.2, 0.25) is 0 Å². The fraction of sp³-hybridized carbons (Fsp3) is 0.750. The first-order chi connectivity index (χ1) is 10.6. The Hall–Kier alpha value is -1.01. The van der Waals surface area contributed by atoms with Crippen LogP contribution in [0.3, 0.4) is 0 Å². The first-order valence-electron chi connectivity index (χ1n) is 8.24. The summed E-state index contributed by atoms with van der Waals surface area (Å²) in [5.41, 5.74) is 0.558. The largest absolute Gasteiger partial charge is 0.338 e. The molecule has 1 aliphatic heterocycles. The van der Waals surface area contributed by atoms with E-state index in [1.54, 1.807) is 0 Å². The second kappa shape index (κ2) is 8.58. The second-order valence-electron chi connectivity index (χ2n) is 5.93. The van der Waals surface area contributed by atoms with Crippen molar-refractivity contribution in [2.75, 3.05) is 31.6 Å². The van der Waals surface area contributed by atoms with Crippen molar-refractivity contribution < 1.29 is 4.79 Å². The Kier molecular flexibility index (Phi) is 6.76. The number of nitrogens with zero attached hydrogens (tertiary/aromatic N) is 3. The van der Waals surface area contributed by atoms with E-state index < -0.39 is 0 Å². The highest BCUT2D eigenvalue weighted by atomic mass is 32.2. The molecule has 1 saturated heterocycles. The maximum Gasteiger partial charge on any atom is 0.274 e. The van der Waals surface area contributed by atoms with Crippen LogP contribution in [0.5, 0.6) is 0 Å². The van der Waals surface area contributed by atoms with Crippen LogP contribution in [0.1, 0.15) is 49.6 Å². The number of aromatic nitrogens is 2. The lowest BCUT2D eigenvalue weighted by Gasteiger charge is -2.24. The SMILES string of the molecule is CCSCCC(C)N(C)C(=O)c1ccn(C2CCCNC2)n1. The van der Waals surface area contributed by atoms with Crippen molar-refractivity contribution in [3.05, 3.63) is 18.0 Å². The van der Waals surface area contributed by atoms with Crippen LogP contribution in [0, 0.1) is 0 Å². The van der Waals surface area contributed by atoms with Crippen molar-refractivity contribution in [1.82, 2.24) is 20.0 Å². The average Bonchev–Trinajstić information content (AvgIpc) is 3.04. The maximum absolute atomic E-state index is 12.5. The minimum absolute atomic E-state index is 0.0246. The number of rotatable bonds is 7. The molecule has 2 rings (SSSR count). The van der Waals surface area contributed by atoms with Gasteiger partial charge in [-0.05, 0) is 50.3 Å². The van der Waals surface area contributed by atoms with Crippen molar-refractivity contribution in [3.63, 3.8) is 0 Å². The lowest BCUT2D eigenvalue weighted by molar-refractivity contribution is 0.0734. The molecule has 0 bridgehead atoms. The summed E-state index contributed by atoms with van der Waals surface area (Å²) in [7, 11) is 1.88. The summed E-state index contributed by atoms with van der Waals surface area (Å²) in [6.45, 7) is 6.29. The summed E-state index contributed by atoms with van der Waals surface area (Å²) in [5.74, 6) is 2.25. The second-order valence-corrected chi connectivity index (χ2v) is 7.33. The lowest BCUT2D eigenvalue weighted by Crippen LogP contribution is -2.36. The topological polar surface area (TPSA) is 50.2 Å². The first kappa shape index (κ1) is 17.3. The van der Waals surface area contributed by atoms with Crippen molar-refractivity contribution in [1.29, 1.82) is 0 Å². The van der Waals surface area contributed by atoms with Crippen molar-refractivity contribution in [2.45, 2.75) is 45.2 Å². The third kappa shape index (κ3) is 4.49. The number of hydrogen-bond acceptors (Lipinski definition) is 4. The number of carbonyl (C=O) groups is 1. The molecule has 1 N–H and O–H groups in total. The molecule has 2 atom stereocenters. The van der Waals surface area contributed by atoms with Gasteiger partial charge in [0.1, 0.15) is 5.69 Å². The minimum atomic E-state index is 0.0246. The van der Waals surface area contributed by atoms with Gasteiger partial charge >= 0.3 is 0 Å². The predicted molar refractivity (Wildman–Crippen MR) is 92.5 cm³/mol. The molecule has 0 aromatic carbocycles. The average molecular weight is 324 g/mol. The standard InChI is InChI=1S/C16H28N4OS/c1-4-22-11-8-13(2)19(3)16(21)15-7-10-20(18-15)14-6-5-9-17-12-14/h7,10,13-14,17H,4-6,8-9,11-12H2,1-3H3. The van der Waals surface area contributed by atoms with Crippen LogP contribution >= 0.6 is 11.8 Å². The number of piperidine rings is 1. The Morgan fingerprint density at radius 2 is 2.45 bits per heavy atom. The zero-order valence-corrected chi connectivity index (χ0v) is 14.7. The first-order valence-corrected chi connectivity index (χ1v) is 9.39. The molecule has 2 unspecified atom stereocenters. The summed E-state index contributed by atoms with van der Waals surface area (Å²) in [6.07, 6.45) is 5.26. The molecule has 0 radical (unpaired) electrons. The molecule has 0 spiro atoms. The van der Waals surface area contributed by atoms with E-state index in [9.17, 15) is 4.79 Å². The van der Waals surface area contributed by atoms with E-state index in [1.807, 2.05) is 40.7 Å². The van der Waals surface area contributed by atoms with Gasteiger partial charge in [-0.1, -0.05) is 6.92 Å². The van der Waals surface area contributed by atoms with Crippen LogP contribution in [-0.2, 0) is 0 Å². The number of amides is 1. The van der Waals surface area contributed by atoms with Gasteiger partial charge in [-0.3, -0.25) is 9.48 Å².